The van der Waals surface area contributed by atoms with E-state index in [0.717, 1.165) is 24.2 Å². The van der Waals surface area contributed by atoms with E-state index in [0.29, 0.717) is 17.9 Å². The monoisotopic (exact) mass is 291 g/mol. The second kappa shape index (κ2) is 7.07. The molecule has 0 spiro atoms. The number of benzene rings is 2. The van der Waals surface area contributed by atoms with E-state index in [-0.39, 0.29) is 6.04 Å². The van der Waals surface area contributed by atoms with Crippen LogP contribution < -0.4 is 10.1 Å². The highest BCUT2D eigenvalue weighted by Crippen LogP contribution is 2.29. The molecule has 0 bridgehead atoms. The summed E-state index contributed by atoms with van der Waals surface area (Å²) in [7, 11) is 0. The molecule has 2 rings (SSSR count). The second-order valence-corrected chi connectivity index (χ2v) is 4.88. The third-order valence-corrected chi connectivity index (χ3v) is 3.15. The molecule has 0 heterocycles. The second-order valence-electron chi connectivity index (χ2n) is 4.88. The smallest absolute Gasteiger partial charge is 0.142 e. The topological polar surface area (TPSA) is 21.3 Å². The van der Waals surface area contributed by atoms with Crippen molar-refractivity contribution >= 4 is 5.69 Å². The number of rotatable bonds is 6. The SMILES string of the molecule is CCCOc1ccccc1NC(C)c1cc(F)ccc1F. The van der Waals surface area contributed by atoms with Crippen LogP contribution in [0, 0.1) is 11.6 Å². The van der Waals surface area contributed by atoms with Gasteiger partial charge in [0.1, 0.15) is 17.4 Å². The van der Waals surface area contributed by atoms with Crippen molar-refractivity contribution < 1.29 is 13.5 Å². The summed E-state index contributed by atoms with van der Waals surface area (Å²) in [6.45, 7) is 4.43. The maximum absolute atomic E-state index is 13.8. The Bertz CT molecular complexity index is 601. The van der Waals surface area contributed by atoms with Crippen molar-refractivity contribution in [3.8, 4) is 5.75 Å². The van der Waals surface area contributed by atoms with Crippen LogP contribution in [0.2, 0.25) is 0 Å². The lowest BCUT2D eigenvalue weighted by Gasteiger charge is -2.19. The summed E-state index contributed by atoms with van der Waals surface area (Å²) in [4.78, 5) is 0. The van der Waals surface area contributed by atoms with Gasteiger partial charge in [0.25, 0.3) is 0 Å². The van der Waals surface area contributed by atoms with Crippen LogP contribution in [-0.4, -0.2) is 6.61 Å². The van der Waals surface area contributed by atoms with Crippen molar-refractivity contribution in [3.63, 3.8) is 0 Å². The Labute approximate surface area is 123 Å². The predicted octanol–water partition coefficient (Wildman–Crippen LogP) is 4.93. The van der Waals surface area contributed by atoms with E-state index >= 15 is 0 Å². The summed E-state index contributed by atoms with van der Waals surface area (Å²) >= 11 is 0. The minimum absolute atomic E-state index is 0.292. The summed E-state index contributed by atoms with van der Waals surface area (Å²) in [5.41, 5.74) is 1.06. The standard InChI is InChI=1S/C17H19F2NO/c1-3-10-21-17-7-5-4-6-16(17)20-12(2)14-11-13(18)8-9-15(14)19/h4-9,11-12,20H,3,10H2,1-2H3. The Kier molecular flexibility index (Phi) is 5.14. The molecule has 1 atom stereocenters. The lowest BCUT2D eigenvalue weighted by atomic mass is 10.1. The van der Waals surface area contributed by atoms with Crippen LogP contribution >= 0.6 is 0 Å². The summed E-state index contributed by atoms with van der Waals surface area (Å²) < 4.78 is 32.7. The van der Waals surface area contributed by atoms with Gasteiger partial charge in [0.2, 0.25) is 0 Å². The van der Waals surface area contributed by atoms with Crippen molar-refractivity contribution in [3.05, 3.63) is 59.7 Å². The van der Waals surface area contributed by atoms with Gasteiger partial charge in [0.05, 0.1) is 18.3 Å². The minimum Gasteiger partial charge on any atom is -0.491 e. The molecule has 112 valence electrons. The molecular weight excluding hydrogens is 272 g/mol. The number of nitrogens with one attached hydrogen (secondary N) is 1. The van der Waals surface area contributed by atoms with Crippen LogP contribution in [0.1, 0.15) is 31.9 Å². The Hall–Kier alpha value is -2.10. The molecule has 0 radical (unpaired) electrons. The first kappa shape index (κ1) is 15.3. The summed E-state index contributed by atoms with van der Waals surface area (Å²) in [6.07, 6.45) is 0.905. The molecule has 0 saturated heterocycles. The highest BCUT2D eigenvalue weighted by Gasteiger charge is 2.13. The third kappa shape index (κ3) is 3.94. The molecule has 2 aromatic carbocycles. The average molecular weight is 291 g/mol. The molecule has 4 heteroatoms. The summed E-state index contributed by atoms with van der Waals surface area (Å²) in [6, 6.07) is 10.6. The minimum atomic E-state index is -0.449. The number of halogens is 2. The van der Waals surface area contributed by atoms with E-state index in [1.807, 2.05) is 31.2 Å². The largest absolute Gasteiger partial charge is 0.491 e. The predicted molar refractivity (Wildman–Crippen MR) is 80.6 cm³/mol. The van der Waals surface area contributed by atoms with Crippen molar-refractivity contribution in [2.75, 3.05) is 11.9 Å². The van der Waals surface area contributed by atoms with Crippen molar-refractivity contribution in [2.24, 2.45) is 0 Å². The lowest BCUT2D eigenvalue weighted by molar-refractivity contribution is 0.318. The molecule has 0 aliphatic carbocycles. The van der Waals surface area contributed by atoms with Crippen molar-refractivity contribution in [1.29, 1.82) is 0 Å². The van der Waals surface area contributed by atoms with Gasteiger partial charge in [0.15, 0.2) is 0 Å². The lowest BCUT2D eigenvalue weighted by Crippen LogP contribution is -2.10. The Morgan fingerprint density at radius 3 is 2.67 bits per heavy atom. The number of hydrogen-bond donors (Lipinski definition) is 1. The number of para-hydroxylation sites is 2. The van der Waals surface area contributed by atoms with Crippen LogP contribution in [0.5, 0.6) is 5.75 Å². The molecule has 0 aliphatic heterocycles. The molecule has 0 saturated carbocycles. The molecule has 1 unspecified atom stereocenters. The summed E-state index contributed by atoms with van der Waals surface area (Å²) in [5, 5.41) is 3.17. The summed E-state index contributed by atoms with van der Waals surface area (Å²) in [5.74, 6) is -0.165. The Morgan fingerprint density at radius 1 is 1.14 bits per heavy atom. The van der Waals surface area contributed by atoms with E-state index in [1.165, 1.54) is 6.07 Å². The average Bonchev–Trinajstić information content (AvgIpc) is 2.48. The maximum Gasteiger partial charge on any atom is 0.142 e. The molecule has 0 amide bonds. The molecule has 0 aromatic heterocycles. The fraction of sp³-hybridized carbons (Fsp3) is 0.294. The van der Waals surface area contributed by atoms with E-state index in [2.05, 4.69) is 5.32 Å². The van der Waals surface area contributed by atoms with E-state index in [9.17, 15) is 8.78 Å². The van der Waals surface area contributed by atoms with Gasteiger partial charge >= 0.3 is 0 Å². The van der Waals surface area contributed by atoms with E-state index < -0.39 is 11.6 Å². The van der Waals surface area contributed by atoms with Gasteiger partial charge in [-0.1, -0.05) is 19.1 Å². The van der Waals surface area contributed by atoms with Crippen LogP contribution in [-0.2, 0) is 0 Å². The van der Waals surface area contributed by atoms with Gasteiger partial charge in [0, 0.05) is 5.56 Å². The number of anilines is 1. The fourth-order valence-electron chi connectivity index (χ4n) is 2.08. The molecule has 2 nitrogen and oxygen atoms in total. The van der Waals surface area contributed by atoms with Crippen LogP contribution in [0.15, 0.2) is 42.5 Å². The van der Waals surface area contributed by atoms with Gasteiger partial charge in [-0.05, 0) is 43.7 Å². The number of hydrogen-bond acceptors (Lipinski definition) is 2. The third-order valence-electron chi connectivity index (χ3n) is 3.15. The Morgan fingerprint density at radius 2 is 1.90 bits per heavy atom. The zero-order chi connectivity index (χ0) is 15.2. The highest BCUT2D eigenvalue weighted by molar-refractivity contribution is 5.57. The van der Waals surface area contributed by atoms with Crippen LogP contribution in [0.4, 0.5) is 14.5 Å². The van der Waals surface area contributed by atoms with Gasteiger partial charge in [-0.2, -0.15) is 0 Å². The van der Waals surface area contributed by atoms with Gasteiger partial charge in [-0.25, -0.2) is 8.78 Å². The highest BCUT2D eigenvalue weighted by atomic mass is 19.1. The van der Waals surface area contributed by atoms with Gasteiger partial charge in [-0.15, -0.1) is 0 Å². The number of ether oxygens (including phenoxy) is 1. The fourth-order valence-corrected chi connectivity index (χ4v) is 2.08. The van der Waals surface area contributed by atoms with E-state index in [4.69, 9.17) is 4.74 Å². The van der Waals surface area contributed by atoms with Crippen molar-refractivity contribution in [1.82, 2.24) is 0 Å². The molecular formula is C17H19F2NO. The first-order valence-electron chi connectivity index (χ1n) is 7.05. The zero-order valence-electron chi connectivity index (χ0n) is 12.2. The zero-order valence-corrected chi connectivity index (χ0v) is 12.2. The first-order valence-corrected chi connectivity index (χ1v) is 7.05. The van der Waals surface area contributed by atoms with Gasteiger partial charge < -0.3 is 10.1 Å². The Balaban J connectivity index is 2.19. The normalized spacial score (nSPS) is 12.0. The molecule has 0 fully saturated rings. The van der Waals surface area contributed by atoms with Gasteiger partial charge in [-0.3, -0.25) is 0 Å². The molecule has 21 heavy (non-hydrogen) atoms. The molecule has 1 N–H and O–H groups in total. The van der Waals surface area contributed by atoms with E-state index in [1.54, 1.807) is 6.92 Å². The van der Waals surface area contributed by atoms with Crippen LogP contribution in [0.3, 0.4) is 0 Å². The van der Waals surface area contributed by atoms with Crippen LogP contribution in [0.25, 0.3) is 0 Å². The quantitative estimate of drug-likeness (QED) is 0.815. The first-order chi connectivity index (χ1) is 10.1. The maximum atomic E-state index is 13.8. The molecule has 2 aromatic rings. The molecule has 0 aliphatic rings. The van der Waals surface area contributed by atoms with Crippen molar-refractivity contribution in [2.45, 2.75) is 26.3 Å².